The van der Waals surface area contributed by atoms with E-state index >= 15 is 0 Å². The summed E-state index contributed by atoms with van der Waals surface area (Å²) in [5.74, 6) is 1.95. The van der Waals surface area contributed by atoms with Crippen LogP contribution in [0.25, 0.3) is 0 Å². The van der Waals surface area contributed by atoms with Crippen LogP contribution in [0.3, 0.4) is 0 Å². The first kappa shape index (κ1) is 10.2. The van der Waals surface area contributed by atoms with E-state index in [1.165, 1.54) is 25.7 Å². The maximum atomic E-state index is 4.04. The molecule has 1 aromatic rings. The molecule has 0 amide bonds. The zero-order valence-corrected chi connectivity index (χ0v) is 8.29. The molecule has 0 atom stereocenters. The monoisotopic (exact) mass is 176 g/mol. The summed E-state index contributed by atoms with van der Waals surface area (Å²) in [5.41, 5.74) is 1.12. The molecule has 70 valence electrons. The summed E-state index contributed by atoms with van der Waals surface area (Å²) in [6.07, 6.45) is 8.87. The van der Waals surface area contributed by atoms with E-state index in [-0.39, 0.29) is 0 Å². The van der Waals surface area contributed by atoms with Crippen molar-refractivity contribution in [2.24, 2.45) is 0 Å². The Hall–Kier alpha value is -0.855. The second-order valence-electron chi connectivity index (χ2n) is 3.23. The van der Waals surface area contributed by atoms with Crippen LogP contribution < -0.4 is 5.32 Å². The molecule has 0 saturated heterocycles. The molecule has 1 heterocycles. The predicted molar refractivity (Wildman–Crippen MR) is 58.2 cm³/mol. The standard InChI is InChI=1S/C10H17BN2/c1-2-3-4-5-7-13-10-9-12-8-6-11-10/h6,8-9,13H,2-5,7H2,1H3. The molecule has 13 heavy (non-hydrogen) atoms. The van der Waals surface area contributed by atoms with E-state index in [4.69, 9.17) is 0 Å². The van der Waals surface area contributed by atoms with Crippen molar-refractivity contribution in [1.82, 2.24) is 4.98 Å². The van der Waals surface area contributed by atoms with Crippen molar-refractivity contribution in [3.8, 4) is 0 Å². The molecular formula is C10H17BN2. The maximum absolute atomic E-state index is 4.04. The predicted octanol–water partition coefficient (Wildman–Crippen LogP) is 2.41. The van der Waals surface area contributed by atoms with Crippen molar-refractivity contribution in [2.45, 2.75) is 32.6 Å². The minimum atomic E-state index is 1.06. The van der Waals surface area contributed by atoms with E-state index in [1.54, 1.807) is 6.20 Å². The number of rotatable bonds is 6. The van der Waals surface area contributed by atoms with Crippen LogP contribution in [-0.4, -0.2) is 18.4 Å². The number of hydrogen-bond donors (Lipinski definition) is 1. The van der Waals surface area contributed by atoms with Gasteiger partial charge >= 0.3 is 80.3 Å². The van der Waals surface area contributed by atoms with Crippen molar-refractivity contribution in [1.29, 1.82) is 0 Å². The molecule has 0 bridgehead atoms. The van der Waals surface area contributed by atoms with Crippen molar-refractivity contribution >= 4 is 12.5 Å². The Kier molecular flexibility index (Phi) is 5.22. The molecule has 0 saturated carbocycles. The third-order valence-corrected chi connectivity index (χ3v) is 2.02. The van der Waals surface area contributed by atoms with Crippen LogP contribution in [0.5, 0.6) is 0 Å². The molecule has 0 aliphatic rings. The fraction of sp³-hybridized carbons (Fsp3) is 0.600. The SMILES string of the molecule is CCCCCCNc1bccnc1. The molecule has 1 N–H and O–H groups in total. The summed E-state index contributed by atoms with van der Waals surface area (Å²) in [5, 5.41) is 3.34. The van der Waals surface area contributed by atoms with Gasteiger partial charge in [0.2, 0.25) is 0 Å². The number of hydrogen-bond acceptors (Lipinski definition) is 2. The Morgan fingerprint density at radius 1 is 1.38 bits per heavy atom. The van der Waals surface area contributed by atoms with E-state index in [0.29, 0.717) is 0 Å². The van der Waals surface area contributed by atoms with Gasteiger partial charge in [-0.25, -0.2) is 0 Å². The van der Waals surface area contributed by atoms with E-state index in [9.17, 15) is 0 Å². The molecule has 0 aliphatic heterocycles. The molecule has 0 aliphatic carbocycles. The topological polar surface area (TPSA) is 24.9 Å². The van der Waals surface area contributed by atoms with Crippen LogP contribution in [0.1, 0.15) is 32.6 Å². The molecule has 0 unspecified atom stereocenters. The zero-order chi connectivity index (χ0) is 9.36. The van der Waals surface area contributed by atoms with Gasteiger partial charge in [0.25, 0.3) is 0 Å². The summed E-state index contributed by atoms with van der Waals surface area (Å²) in [7, 11) is 0. The first-order valence-electron chi connectivity index (χ1n) is 5.07. The van der Waals surface area contributed by atoms with Crippen LogP contribution in [0.15, 0.2) is 18.4 Å². The van der Waals surface area contributed by atoms with Crippen LogP contribution in [0, 0.1) is 0 Å². The Morgan fingerprint density at radius 2 is 2.31 bits per heavy atom. The van der Waals surface area contributed by atoms with Crippen LogP contribution in [0.2, 0.25) is 0 Å². The second kappa shape index (κ2) is 6.64. The van der Waals surface area contributed by atoms with Gasteiger partial charge in [0.05, 0.1) is 0 Å². The summed E-state index contributed by atoms with van der Waals surface area (Å²) in [6, 6.07) is 0. The molecular weight excluding hydrogens is 159 g/mol. The fourth-order valence-corrected chi connectivity index (χ4v) is 1.25. The van der Waals surface area contributed by atoms with Gasteiger partial charge in [-0.15, -0.1) is 0 Å². The molecule has 0 fully saturated rings. The average molecular weight is 176 g/mol. The number of nitrogens with one attached hydrogen (secondary N) is 1. The number of aromatic nitrogens is 1. The Labute approximate surface area is 81.0 Å². The average Bonchev–Trinajstić information content (AvgIpc) is 2.19. The normalized spacial score (nSPS) is 9.62. The number of anilines is 1. The first-order chi connectivity index (χ1) is 6.43. The van der Waals surface area contributed by atoms with E-state index < -0.39 is 0 Å². The van der Waals surface area contributed by atoms with E-state index in [0.717, 1.165) is 12.1 Å². The van der Waals surface area contributed by atoms with Gasteiger partial charge in [-0.2, -0.15) is 0 Å². The zero-order valence-electron chi connectivity index (χ0n) is 8.29. The quantitative estimate of drug-likeness (QED) is 0.673. The Bertz CT molecular complexity index is 213. The molecule has 0 aromatic carbocycles. The minimum absolute atomic E-state index is 1.06. The summed E-state index contributed by atoms with van der Waals surface area (Å²) in [4.78, 5) is 4.04. The van der Waals surface area contributed by atoms with Gasteiger partial charge in [-0.1, -0.05) is 0 Å². The molecule has 0 radical (unpaired) electrons. The fourth-order valence-electron chi connectivity index (χ4n) is 1.25. The molecule has 1 rings (SSSR count). The summed E-state index contributed by atoms with van der Waals surface area (Å²) in [6.45, 7) is 5.34. The number of nitrogens with zero attached hydrogens (tertiary/aromatic N) is 1. The third kappa shape index (κ3) is 4.66. The van der Waals surface area contributed by atoms with Gasteiger partial charge in [-0.05, 0) is 0 Å². The van der Waals surface area contributed by atoms with Crippen LogP contribution in [-0.2, 0) is 0 Å². The number of unbranched alkanes of at least 4 members (excludes halogenated alkanes) is 3. The Balaban J connectivity index is 2.07. The molecule has 0 spiro atoms. The van der Waals surface area contributed by atoms with Crippen molar-refractivity contribution in [2.75, 3.05) is 11.9 Å². The first-order valence-corrected chi connectivity index (χ1v) is 5.07. The third-order valence-electron chi connectivity index (χ3n) is 2.02. The summed E-state index contributed by atoms with van der Waals surface area (Å²) < 4.78 is 0. The van der Waals surface area contributed by atoms with Gasteiger partial charge in [0.1, 0.15) is 0 Å². The Morgan fingerprint density at radius 3 is 3.00 bits per heavy atom. The van der Waals surface area contributed by atoms with Gasteiger partial charge in [-0.3, -0.25) is 0 Å². The molecule has 1 aromatic heterocycles. The van der Waals surface area contributed by atoms with Crippen molar-refractivity contribution < 1.29 is 0 Å². The van der Waals surface area contributed by atoms with Crippen molar-refractivity contribution in [3.05, 3.63) is 18.4 Å². The van der Waals surface area contributed by atoms with Crippen LogP contribution >= 0.6 is 0 Å². The van der Waals surface area contributed by atoms with Gasteiger partial charge in [0, 0.05) is 0 Å². The summed E-state index contributed by atoms with van der Waals surface area (Å²) >= 11 is 0. The molecule has 2 nitrogen and oxygen atoms in total. The van der Waals surface area contributed by atoms with Crippen molar-refractivity contribution in [3.63, 3.8) is 0 Å². The van der Waals surface area contributed by atoms with Crippen LogP contribution in [0.4, 0.5) is 5.58 Å². The van der Waals surface area contributed by atoms with E-state index in [2.05, 4.69) is 17.2 Å². The van der Waals surface area contributed by atoms with Gasteiger partial charge in [0.15, 0.2) is 0 Å². The molecule has 3 heteroatoms. The van der Waals surface area contributed by atoms with Gasteiger partial charge < -0.3 is 0 Å². The van der Waals surface area contributed by atoms with E-state index in [1.807, 2.05) is 19.1 Å². The second-order valence-corrected chi connectivity index (χ2v) is 3.23.